The SMILES string of the molecule is N#Cc1c(N)[nH]c(=O)c(C#N)c1-c1cc(Cl)ccc1OCc1ccc(F)cc1Cl. The first-order valence-corrected chi connectivity index (χ1v) is 8.84. The van der Waals surface area contributed by atoms with Gasteiger partial charge in [-0.25, -0.2) is 4.39 Å². The number of anilines is 1. The molecule has 0 aliphatic rings. The van der Waals surface area contributed by atoms with Gasteiger partial charge in [-0.1, -0.05) is 29.3 Å². The molecule has 1 heterocycles. The summed E-state index contributed by atoms with van der Waals surface area (Å²) in [6.07, 6.45) is 0. The molecule has 0 saturated carbocycles. The second-order valence-electron chi connectivity index (χ2n) is 5.88. The molecule has 144 valence electrons. The van der Waals surface area contributed by atoms with Crippen LogP contribution in [0.2, 0.25) is 10.0 Å². The number of aromatic amines is 1. The Balaban J connectivity index is 2.15. The van der Waals surface area contributed by atoms with Crippen LogP contribution in [0, 0.1) is 28.5 Å². The van der Waals surface area contributed by atoms with E-state index in [1.54, 1.807) is 12.1 Å². The van der Waals surface area contributed by atoms with Crippen molar-refractivity contribution in [1.29, 1.82) is 10.5 Å². The topological polar surface area (TPSA) is 116 Å². The standard InChI is InChI=1S/C20H11Cl2FN4O2/c21-11-2-4-17(29-9-10-1-3-12(23)6-16(10)22)13(5-11)18-14(7-24)19(26)27-20(28)15(18)8-25/h1-6H,9H2,(H3,26,27,28). The van der Waals surface area contributed by atoms with E-state index in [2.05, 4.69) is 4.98 Å². The second kappa shape index (κ2) is 8.24. The van der Waals surface area contributed by atoms with E-state index in [-0.39, 0.29) is 45.5 Å². The number of hydrogen-bond donors (Lipinski definition) is 2. The number of nitrogen functional groups attached to an aromatic ring is 1. The van der Waals surface area contributed by atoms with Gasteiger partial charge in [-0.15, -0.1) is 0 Å². The van der Waals surface area contributed by atoms with Crippen molar-refractivity contribution in [2.75, 3.05) is 5.73 Å². The highest BCUT2D eigenvalue weighted by Gasteiger charge is 2.21. The van der Waals surface area contributed by atoms with Gasteiger partial charge in [0.1, 0.15) is 47.3 Å². The van der Waals surface area contributed by atoms with Crippen LogP contribution in [0.25, 0.3) is 11.1 Å². The molecule has 29 heavy (non-hydrogen) atoms. The van der Waals surface area contributed by atoms with Crippen LogP contribution in [-0.4, -0.2) is 4.98 Å². The van der Waals surface area contributed by atoms with Crippen molar-refractivity contribution in [3.05, 3.63) is 79.3 Å². The molecule has 0 fully saturated rings. The first-order valence-electron chi connectivity index (χ1n) is 8.08. The molecule has 0 unspecified atom stereocenters. The number of halogens is 3. The fourth-order valence-corrected chi connectivity index (χ4v) is 3.12. The Morgan fingerprint density at radius 2 is 1.83 bits per heavy atom. The van der Waals surface area contributed by atoms with Gasteiger partial charge in [0.2, 0.25) is 0 Å². The summed E-state index contributed by atoms with van der Waals surface area (Å²) in [5.41, 5.74) is 5.39. The van der Waals surface area contributed by atoms with E-state index in [0.29, 0.717) is 10.6 Å². The predicted octanol–water partition coefficient (Wildman–Crippen LogP) is 4.39. The summed E-state index contributed by atoms with van der Waals surface area (Å²) >= 11 is 12.1. The molecular weight excluding hydrogens is 418 g/mol. The Labute approximate surface area is 174 Å². The molecule has 0 saturated heterocycles. The quantitative estimate of drug-likeness (QED) is 0.638. The normalized spacial score (nSPS) is 10.2. The number of aromatic nitrogens is 1. The number of rotatable bonds is 4. The van der Waals surface area contributed by atoms with Crippen LogP contribution in [0.4, 0.5) is 10.2 Å². The molecule has 3 aromatic rings. The molecule has 0 bridgehead atoms. The molecule has 0 spiro atoms. The molecule has 0 aliphatic carbocycles. The van der Waals surface area contributed by atoms with Crippen LogP contribution in [-0.2, 0) is 6.61 Å². The van der Waals surface area contributed by atoms with Crippen LogP contribution >= 0.6 is 23.2 Å². The molecular formula is C20H11Cl2FN4O2. The number of nitrogens with zero attached hydrogens (tertiary/aromatic N) is 2. The zero-order chi connectivity index (χ0) is 21.1. The lowest BCUT2D eigenvalue weighted by Gasteiger charge is -2.15. The van der Waals surface area contributed by atoms with Gasteiger partial charge >= 0.3 is 0 Å². The zero-order valence-corrected chi connectivity index (χ0v) is 16.1. The Morgan fingerprint density at radius 3 is 2.48 bits per heavy atom. The molecule has 1 aromatic heterocycles. The van der Waals surface area contributed by atoms with E-state index in [9.17, 15) is 19.7 Å². The minimum absolute atomic E-state index is 0.0129. The predicted molar refractivity (Wildman–Crippen MR) is 107 cm³/mol. The monoisotopic (exact) mass is 428 g/mol. The van der Waals surface area contributed by atoms with Crippen molar-refractivity contribution in [3.8, 4) is 29.0 Å². The Bertz CT molecular complexity index is 1260. The Hall–Kier alpha value is -3.52. The minimum atomic E-state index is -0.744. The molecule has 0 atom stereocenters. The fourth-order valence-electron chi connectivity index (χ4n) is 2.73. The minimum Gasteiger partial charge on any atom is -0.488 e. The smallest absolute Gasteiger partial charge is 0.268 e. The highest BCUT2D eigenvalue weighted by molar-refractivity contribution is 6.31. The van der Waals surface area contributed by atoms with E-state index in [0.717, 1.165) is 6.07 Å². The van der Waals surface area contributed by atoms with E-state index in [1.165, 1.54) is 24.3 Å². The van der Waals surface area contributed by atoms with Gasteiger partial charge in [-0.2, -0.15) is 10.5 Å². The molecule has 6 nitrogen and oxygen atoms in total. The summed E-state index contributed by atoms with van der Waals surface area (Å²) in [4.78, 5) is 14.5. The van der Waals surface area contributed by atoms with Gasteiger partial charge in [0.15, 0.2) is 0 Å². The fraction of sp³-hybridized carbons (Fsp3) is 0.0500. The lowest BCUT2D eigenvalue weighted by molar-refractivity contribution is 0.307. The van der Waals surface area contributed by atoms with Gasteiger partial charge in [-0.3, -0.25) is 4.79 Å². The number of nitrogens with two attached hydrogens (primary N) is 1. The first kappa shape index (κ1) is 20.2. The Morgan fingerprint density at radius 1 is 1.10 bits per heavy atom. The molecule has 2 aromatic carbocycles. The highest BCUT2D eigenvalue weighted by atomic mass is 35.5. The van der Waals surface area contributed by atoms with Crippen molar-refractivity contribution in [2.45, 2.75) is 6.61 Å². The van der Waals surface area contributed by atoms with E-state index < -0.39 is 11.4 Å². The number of H-pyrrole nitrogens is 1. The van der Waals surface area contributed by atoms with Gasteiger partial charge in [0, 0.05) is 21.7 Å². The number of hydrogen-bond acceptors (Lipinski definition) is 5. The molecule has 9 heteroatoms. The van der Waals surface area contributed by atoms with Crippen molar-refractivity contribution >= 4 is 29.0 Å². The van der Waals surface area contributed by atoms with Crippen molar-refractivity contribution < 1.29 is 9.13 Å². The summed E-state index contributed by atoms with van der Waals surface area (Å²) in [5.74, 6) is -0.436. The number of nitrogens with one attached hydrogen (secondary N) is 1. The van der Waals surface area contributed by atoms with Gasteiger partial charge in [0.05, 0.1) is 5.02 Å². The maximum atomic E-state index is 13.2. The third kappa shape index (κ3) is 4.02. The molecule has 0 radical (unpaired) electrons. The summed E-state index contributed by atoms with van der Waals surface area (Å²) in [6, 6.07) is 12.1. The molecule has 3 N–H and O–H groups in total. The molecule has 0 aliphatic heterocycles. The van der Waals surface area contributed by atoms with Gasteiger partial charge < -0.3 is 15.5 Å². The summed E-state index contributed by atoms with van der Waals surface area (Å²) in [6.45, 7) is -0.0316. The van der Waals surface area contributed by atoms with Crippen LogP contribution in [0.15, 0.2) is 41.2 Å². The van der Waals surface area contributed by atoms with Crippen molar-refractivity contribution in [1.82, 2.24) is 4.98 Å². The van der Waals surface area contributed by atoms with Crippen molar-refractivity contribution in [3.63, 3.8) is 0 Å². The lowest BCUT2D eigenvalue weighted by Crippen LogP contribution is -2.16. The summed E-state index contributed by atoms with van der Waals surface area (Å²) in [7, 11) is 0. The number of pyridine rings is 1. The summed E-state index contributed by atoms with van der Waals surface area (Å²) < 4.78 is 19.0. The highest BCUT2D eigenvalue weighted by Crippen LogP contribution is 2.37. The van der Waals surface area contributed by atoms with Crippen LogP contribution in [0.5, 0.6) is 5.75 Å². The molecule has 0 amide bonds. The lowest BCUT2D eigenvalue weighted by atomic mass is 9.96. The van der Waals surface area contributed by atoms with Gasteiger partial charge in [-0.05, 0) is 30.3 Å². The maximum absolute atomic E-state index is 13.2. The first-order chi connectivity index (χ1) is 13.8. The second-order valence-corrected chi connectivity index (χ2v) is 6.72. The largest absolute Gasteiger partial charge is 0.488 e. The zero-order valence-electron chi connectivity index (χ0n) is 14.6. The third-order valence-corrected chi connectivity index (χ3v) is 4.66. The average molecular weight is 429 g/mol. The van der Waals surface area contributed by atoms with E-state index in [1.807, 2.05) is 6.07 Å². The van der Waals surface area contributed by atoms with E-state index in [4.69, 9.17) is 33.7 Å². The van der Waals surface area contributed by atoms with Crippen LogP contribution in [0.3, 0.4) is 0 Å². The number of nitriles is 2. The number of benzene rings is 2. The van der Waals surface area contributed by atoms with Crippen LogP contribution in [0.1, 0.15) is 16.7 Å². The Kier molecular flexibility index (Phi) is 5.74. The van der Waals surface area contributed by atoms with Crippen molar-refractivity contribution in [2.24, 2.45) is 0 Å². The maximum Gasteiger partial charge on any atom is 0.268 e. The summed E-state index contributed by atoms with van der Waals surface area (Å²) in [5, 5.41) is 19.4. The van der Waals surface area contributed by atoms with Gasteiger partial charge in [0.25, 0.3) is 5.56 Å². The molecule has 3 rings (SSSR count). The van der Waals surface area contributed by atoms with Crippen LogP contribution < -0.4 is 16.0 Å². The number of ether oxygens (including phenoxy) is 1. The van der Waals surface area contributed by atoms with E-state index >= 15 is 0 Å². The average Bonchev–Trinajstić information content (AvgIpc) is 2.67. The third-order valence-electron chi connectivity index (χ3n) is 4.08.